The second-order valence-corrected chi connectivity index (χ2v) is 15.8. The minimum atomic E-state index is -3.99. The zero-order valence-electron chi connectivity index (χ0n) is 29.8. The molecule has 5 aromatic carbocycles. The molecule has 5 aromatic rings. The summed E-state index contributed by atoms with van der Waals surface area (Å²) in [5.41, 5.74) is 4.81. The van der Waals surface area contributed by atoms with E-state index in [1.54, 1.807) is 43.1 Å². The molecule has 1 saturated heterocycles. The highest BCUT2D eigenvalue weighted by Gasteiger charge is 2.38. The molecule has 0 bridgehead atoms. The van der Waals surface area contributed by atoms with Crippen molar-refractivity contribution in [2.75, 3.05) is 18.2 Å². The molecule has 0 spiro atoms. The Morgan fingerprint density at radius 2 is 1.49 bits per heavy atom. The van der Waals surface area contributed by atoms with Crippen LogP contribution in [0.1, 0.15) is 47.1 Å². The lowest BCUT2D eigenvalue weighted by atomic mass is 9.91. The highest BCUT2D eigenvalue weighted by Crippen LogP contribution is 2.43. The van der Waals surface area contributed by atoms with E-state index in [0.717, 1.165) is 38.5 Å². The maximum absolute atomic E-state index is 13.7. The number of rotatable bonds is 14. The molecule has 276 valence electrons. The molecule has 5 atom stereocenters. The van der Waals surface area contributed by atoms with Crippen molar-refractivity contribution in [1.82, 2.24) is 4.72 Å². The first kappa shape index (κ1) is 38.2. The zero-order chi connectivity index (χ0) is 37.4. The third-order valence-corrected chi connectivity index (χ3v) is 11.9. The molecule has 0 radical (unpaired) electrons. The Kier molecular flexibility index (Phi) is 12.7. The Morgan fingerprint density at radius 1 is 0.830 bits per heavy atom. The number of aliphatic hydroxyl groups is 1. The number of sulfonamides is 1. The number of thioether (sulfide) groups is 1. The van der Waals surface area contributed by atoms with Crippen LogP contribution in [0.25, 0.3) is 0 Å². The maximum Gasteiger partial charge on any atom is 0.242 e. The number of nitrogens with one attached hydrogen (secondary N) is 2. The van der Waals surface area contributed by atoms with Crippen LogP contribution in [0.5, 0.6) is 5.75 Å². The van der Waals surface area contributed by atoms with Gasteiger partial charge in [0.05, 0.1) is 30.8 Å². The normalized spacial score (nSPS) is 19.3. The van der Waals surface area contributed by atoms with E-state index >= 15 is 0 Å². The lowest BCUT2D eigenvalue weighted by Gasteiger charge is -2.41. The highest BCUT2D eigenvalue weighted by molar-refractivity contribution is 7.99. The monoisotopic (exact) mass is 752 g/mol. The third kappa shape index (κ3) is 9.74. The fourth-order valence-electron chi connectivity index (χ4n) is 6.18. The molecule has 11 heteroatoms. The second-order valence-electron chi connectivity index (χ2n) is 13.1. The van der Waals surface area contributed by atoms with Crippen molar-refractivity contribution in [3.63, 3.8) is 0 Å². The van der Waals surface area contributed by atoms with E-state index in [4.69, 9.17) is 14.2 Å². The van der Waals surface area contributed by atoms with E-state index in [9.17, 15) is 18.3 Å². The molecule has 1 aliphatic heterocycles. The molecule has 1 heterocycles. The van der Waals surface area contributed by atoms with Crippen molar-refractivity contribution in [3.8, 4) is 5.75 Å². The number of methoxy groups -OCH3 is 1. The standard InChI is InChI=1S/C42H44N2O7S2/c1-28-13-23-35(24-14-28)53(47,48)44-36(25-30-9-5-4-6-10-30)41(46)43-34-21-19-33(20-22-34)42-50-38(27-52-39-12-8-7-11-37(39)49-3)29(2)40(51-42)32-17-15-31(26-45)16-18-32/h4-24,29,36,38,40,42,44-45H,25-27H2,1-3H3,(H,43,46). The van der Waals surface area contributed by atoms with Crippen molar-refractivity contribution >= 4 is 33.4 Å². The smallest absolute Gasteiger partial charge is 0.242 e. The average Bonchev–Trinajstić information content (AvgIpc) is 3.18. The minimum absolute atomic E-state index is 0.00256. The maximum atomic E-state index is 13.7. The quantitative estimate of drug-likeness (QED) is 0.0992. The van der Waals surface area contributed by atoms with Crippen molar-refractivity contribution in [2.24, 2.45) is 5.92 Å². The molecular weight excluding hydrogens is 709 g/mol. The molecule has 1 fully saturated rings. The number of ether oxygens (including phenoxy) is 3. The van der Waals surface area contributed by atoms with Crippen LogP contribution in [0.15, 0.2) is 137 Å². The molecule has 3 N–H and O–H groups in total. The number of carbonyl (C=O) groups is 1. The lowest BCUT2D eigenvalue weighted by Crippen LogP contribution is -2.45. The summed E-state index contributed by atoms with van der Waals surface area (Å²) in [5, 5.41) is 12.5. The second kappa shape index (κ2) is 17.6. The SMILES string of the molecule is COc1ccccc1SCC1OC(c2ccc(NC(=O)C(Cc3ccccc3)NS(=O)(=O)c3ccc(C)cc3)cc2)OC(c2ccc(CO)cc2)C1C. The summed E-state index contributed by atoms with van der Waals surface area (Å²) in [7, 11) is -2.33. The number of benzene rings is 5. The van der Waals surface area contributed by atoms with Gasteiger partial charge in [-0.05, 0) is 66.4 Å². The van der Waals surface area contributed by atoms with Crippen LogP contribution in [-0.2, 0) is 37.3 Å². The van der Waals surface area contributed by atoms with Gasteiger partial charge in [0.1, 0.15) is 11.8 Å². The Hall–Kier alpha value is -4.49. The minimum Gasteiger partial charge on any atom is -0.496 e. The number of hydrogen-bond donors (Lipinski definition) is 3. The van der Waals surface area contributed by atoms with Crippen LogP contribution in [0.2, 0.25) is 0 Å². The van der Waals surface area contributed by atoms with Gasteiger partial charge in [0, 0.05) is 27.8 Å². The third-order valence-electron chi connectivity index (χ3n) is 9.27. The highest BCUT2D eigenvalue weighted by atomic mass is 32.2. The van der Waals surface area contributed by atoms with Gasteiger partial charge in [-0.25, -0.2) is 8.42 Å². The van der Waals surface area contributed by atoms with E-state index < -0.39 is 28.3 Å². The molecule has 1 aliphatic rings. The number of hydrogen-bond acceptors (Lipinski definition) is 8. The van der Waals surface area contributed by atoms with Gasteiger partial charge >= 0.3 is 0 Å². The fraction of sp³-hybridized carbons (Fsp3) is 0.262. The number of carbonyl (C=O) groups excluding carboxylic acids is 1. The summed E-state index contributed by atoms with van der Waals surface area (Å²) in [6.45, 7) is 3.95. The summed E-state index contributed by atoms with van der Waals surface area (Å²) >= 11 is 1.66. The molecule has 1 amide bonds. The average molecular weight is 753 g/mol. The van der Waals surface area contributed by atoms with Gasteiger partial charge in [-0.15, -0.1) is 11.8 Å². The first-order chi connectivity index (χ1) is 25.6. The lowest BCUT2D eigenvalue weighted by molar-refractivity contribution is -0.268. The van der Waals surface area contributed by atoms with E-state index in [1.165, 1.54) is 12.1 Å². The van der Waals surface area contributed by atoms with Crippen molar-refractivity contribution in [1.29, 1.82) is 0 Å². The van der Waals surface area contributed by atoms with E-state index in [0.29, 0.717) is 11.4 Å². The molecule has 0 aromatic heterocycles. The van der Waals surface area contributed by atoms with Gasteiger partial charge in [0.2, 0.25) is 15.9 Å². The van der Waals surface area contributed by atoms with Crippen LogP contribution in [0, 0.1) is 12.8 Å². The van der Waals surface area contributed by atoms with Crippen molar-refractivity contribution in [3.05, 3.63) is 155 Å². The van der Waals surface area contributed by atoms with Crippen LogP contribution in [0.3, 0.4) is 0 Å². The van der Waals surface area contributed by atoms with Crippen LogP contribution in [0.4, 0.5) is 5.69 Å². The molecule has 9 nitrogen and oxygen atoms in total. The Balaban J connectivity index is 1.20. The molecule has 0 saturated carbocycles. The molecule has 53 heavy (non-hydrogen) atoms. The zero-order valence-corrected chi connectivity index (χ0v) is 31.5. The number of para-hydroxylation sites is 1. The van der Waals surface area contributed by atoms with E-state index in [-0.39, 0.29) is 36.0 Å². The molecule has 5 unspecified atom stereocenters. The molecule has 0 aliphatic carbocycles. The van der Waals surface area contributed by atoms with E-state index in [2.05, 4.69) is 17.0 Å². The number of amides is 1. The summed E-state index contributed by atoms with van der Waals surface area (Å²) < 4.78 is 48.1. The Morgan fingerprint density at radius 3 is 2.17 bits per heavy atom. The van der Waals surface area contributed by atoms with Gasteiger partial charge in [0.15, 0.2) is 6.29 Å². The largest absolute Gasteiger partial charge is 0.496 e. The topological polar surface area (TPSA) is 123 Å². The van der Waals surface area contributed by atoms with Crippen molar-refractivity contribution in [2.45, 2.75) is 61.2 Å². The van der Waals surface area contributed by atoms with Crippen molar-refractivity contribution < 1.29 is 32.5 Å². The fourth-order valence-corrected chi connectivity index (χ4v) is 8.57. The predicted octanol–water partition coefficient (Wildman–Crippen LogP) is 7.61. The van der Waals surface area contributed by atoms with Gasteiger partial charge in [0.25, 0.3) is 0 Å². The summed E-state index contributed by atoms with van der Waals surface area (Å²) in [6, 6.07) is 37.6. The first-order valence-corrected chi connectivity index (χ1v) is 19.9. The number of aryl methyl sites for hydroxylation is 1. The predicted molar refractivity (Wildman–Crippen MR) is 207 cm³/mol. The number of aliphatic hydroxyl groups excluding tert-OH is 1. The van der Waals surface area contributed by atoms with Gasteiger partial charge in [-0.1, -0.05) is 103 Å². The molecular formula is C42H44N2O7S2. The number of anilines is 1. The van der Waals surface area contributed by atoms with Gasteiger partial charge < -0.3 is 24.6 Å². The van der Waals surface area contributed by atoms with Crippen LogP contribution in [-0.4, -0.2) is 44.4 Å². The van der Waals surface area contributed by atoms with Gasteiger partial charge in [-0.2, -0.15) is 4.72 Å². The Labute approximate surface area is 315 Å². The summed E-state index contributed by atoms with van der Waals surface area (Å²) in [6.07, 6.45) is -1.02. The summed E-state index contributed by atoms with van der Waals surface area (Å²) in [5.74, 6) is 0.965. The van der Waals surface area contributed by atoms with Gasteiger partial charge in [-0.3, -0.25) is 4.79 Å². The van der Waals surface area contributed by atoms with Crippen LogP contribution >= 0.6 is 11.8 Å². The summed E-state index contributed by atoms with van der Waals surface area (Å²) in [4.78, 5) is 14.8. The van der Waals surface area contributed by atoms with E-state index in [1.807, 2.05) is 97.9 Å². The van der Waals surface area contributed by atoms with Crippen LogP contribution < -0.4 is 14.8 Å². The Bertz CT molecular complexity index is 2060. The first-order valence-electron chi connectivity index (χ1n) is 17.4. The molecule has 6 rings (SSSR count).